The summed E-state index contributed by atoms with van der Waals surface area (Å²) in [5.41, 5.74) is 7.00. The van der Waals surface area contributed by atoms with Gasteiger partial charge >= 0.3 is 0 Å². The van der Waals surface area contributed by atoms with Crippen molar-refractivity contribution in [2.45, 2.75) is 27.7 Å². The van der Waals surface area contributed by atoms with Crippen LogP contribution in [0.1, 0.15) is 32.6 Å². The van der Waals surface area contributed by atoms with Crippen molar-refractivity contribution in [3.05, 3.63) is 88.5 Å². The van der Waals surface area contributed by atoms with Crippen molar-refractivity contribution >= 4 is 17.5 Å². The molecule has 0 aliphatic carbocycles. The SMILES string of the molecule is Cc1ccc(-c2nnc(-c3ccc(C(=O)NCC(=O)Nc4c(C)cc(C)cc4C)cc3)o2)cc1. The second kappa shape index (κ2) is 9.70. The Morgan fingerprint density at radius 2 is 1.29 bits per heavy atom. The molecule has 4 aromatic rings. The van der Waals surface area contributed by atoms with Crippen molar-refractivity contribution in [1.29, 1.82) is 0 Å². The minimum atomic E-state index is -0.343. The van der Waals surface area contributed by atoms with Gasteiger partial charge in [0.05, 0.1) is 6.54 Å². The molecule has 0 aliphatic heterocycles. The monoisotopic (exact) mass is 454 g/mol. The van der Waals surface area contributed by atoms with Gasteiger partial charge in [0, 0.05) is 22.4 Å². The summed E-state index contributed by atoms with van der Waals surface area (Å²) >= 11 is 0. The molecule has 1 heterocycles. The predicted octanol–water partition coefficient (Wildman–Crippen LogP) is 5.01. The lowest BCUT2D eigenvalue weighted by Crippen LogP contribution is -2.33. The Labute approximate surface area is 198 Å². The molecular weight excluding hydrogens is 428 g/mol. The van der Waals surface area contributed by atoms with E-state index in [1.54, 1.807) is 24.3 Å². The molecule has 1 aromatic heterocycles. The van der Waals surface area contributed by atoms with Crippen LogP contribution in [0.2, 0.25) is 0 Å². The molecule has 0 atom stereocenters. The van der Waals surface area contributed by atoms with Crippen molar-refractivity contribution in [3.8, 4) is 22.9 Å². The lowest BCUT2D eigenvalue weighted by Gasteiger charge is -2.13. The maximum absolute atomic E-state index is 12.5. The molecule has 3 aromatic carbocycles. The van der Waals surface area contributed by atoms with Crippen LogP contribution in [0.4, 0.5) is 5.69 Å². The number of hydrogen-bond acceptors (Lipinski definition) is 5. The van der Waals surface area contributed by atoms with E-state index < -0.39 is 0 Å². The average molecular weight is 455 g/mol. The number of amides is 2. The summed E-state index contributed by atoms with van der Waals surface area (Å²) < 4.78 is 5.78. The summed E-state index contributed by atoms with van der Waals surface area (Å²) in [6.07, 6.45) is 0. The molecule has 34 heavy (non-hydrogen) atoms. The molecule has 0 aliphatic rings. The van der Waals surface area contributed by atoms with Gasteiger partial charge in [0.25, 0.3) is 5.91 Å². The van der Waals surface area contributed by atoms with E-state index in [2.05, 4.69) is 20.8 Å². The maximum atomic E-state index is 12.5. The van der Waals surface area contributed by atoms with Gasteiger partial charge in [-0.1, -0.05) is 35.4 Å². The van der Waals surface area contributed by atoms with Crippen LogP contribution in [0, 0.1) is 27.7 Å². The molecule has 2 amide bonds. The first-order valence-corrected chi connectivity index (χ1v) is 11.0. The fourth-order valence-electron chi connectivity index (χ4n) is 3.74. The van der Waals surface area contributed by atoms with Crippen LogP contribution >= 0.6 is 0 Å². The van der Waals surface area contributed by atoms with Crippen LogP contribution in [-0.2, 0) is 4.79 Å². The molecule has 0 unspecified atom stereocenters. The molecule has 0 saturated heterocycles. The zero-order valence-corrected chi connectivity index (χ0v) is 19.6. The third-order valence-electron chi connectivity index (χ3n) is 5.47. The summed E-state index contributed by atoms with van der Waals surface area (Å²) in [6, 6.07) is 18.6. The van der Waals surface area contributed by atoms with Gasteiger partial charge < -0.3 is 15.1 Å². The van der Waals surface area contributed by atoms with Gasteiger partial charge in [-0.15, -0.1) is 10.2 Å². The number of rotatable bonds is 6. The normalized spacial score (nSPS) is 10.7. The number of carbonyl (C=O) groups is 2. The number of carbonyl (C=O) groups excluding carboxylic acids is 2. The summed E-state index contributed by atoms with van der Waals surface area (Å²) in [6.45, 7) is 7.79. The molecule has 0 spiro atoms. The van der Waals surface area contributed by atoms with E-state index in [1.807, 2.05) is 64.1 Å². The van der Waals surface area contributed by atoms with Crippen LogP contribution in [-0.4, -0.2) is 28.6 Å². The van der Waals surface area contributed by atoms with E-state index in [1.165, 1.54) is 0 Å². The van der Waals surface area contributed by atoms with Crippen molar-refractivity contribution in [2.75, 3.05) is 11.9 Å². The Hall–Kier alpha value is -4.26. The van der Waals surface area contributed by atoms with Crippen LogP contribution in [0.25, 0.3) is 22.9 Å². The van der Waals surface area contributed by atoms with Gasteiger partial charge in [-0.25, -0.2) is 0 Å². The molecule has 0 fully saturated rings. The van der Waals surface area contributed by atoms with Crippen LogP contribution < -0.4 is 10.6 Å². The number of aryl methyl sites for hydroxylation is 4. The number of aromatic nitrogens is 2. The molecule has 0 radical (unpaired) electrons. The summed E-state index contributed by atoms with van der Waals surface area (Å²) in [7, 11) is 0. The second-order valence-corrected chi connectivity index (χ2v) is 8.36. The van der Waals surface area contributed by atoms with Gasteiger partial charge in [0.2, 0.25) is 17.7 Å². The fourth-order valence-corrected chi connectivity index (χ4v) is 3.74. The number of nitrogens with one attached hydrogen (secondary N) is 2. The van der Waals surface area contributed by atoms with Crippen LogP contribution in [0.15, 0.2) is 65.1 Å². The first kappa shape index (κ1) is 22.9. The highest BCUT2D eigenvalue weighted by Gasteiger charge is 2.13. The Morgan fingerprint density at radius 3 is 1.85 bits per heavy atom. The van der Waals surface area contributed by atoms with E-state index >= 15 is 0 Å². The predicted molar refractivity (Wildman–Crippen MR) is 132 cm³/mol. The highest BCUT2D eigenvalue weighted by Crippen LogP contribution is 2.24. The Morgan fingerprint density at radius 1 is 0.765 bits per heavy atom. The van der Waals surface area contributed by atoms with Gasteiger partial charge in [0.15, 0.2) is 0 Å². The molecule has 0 bridgehead atoms. The smallest absolute Gasteiger partial charge is 0.251 e. The van der Waals surface area contributed by atoms with E-state index in [0.717, 1.165) is 33.5 Å². The molecule has 7 heteroatoms. The van der Waals surface area contributed by atoms with Gasteiger partial charge in [-0.3, -0.25) is 9.59 Å². The average Bonchev–Trinajstić information content (AvgIpc) is 3.31. The maximum Gasteiger partial charge on any atom is 0.251 e. The van der Waals surface area contributed by atoms with Crippen LogP contribution in [0.3, 0.4) is 0 Å². The second-order valence-electron chi connectivity index (χ2n) is 8.36. The van der Waals surface area contributed by atoms with Crippen molar-refractivity contribution < 1.29 is 14.0 Å². The first-order chi connectivity index (χ1) is 16.3. The van der Waals surface area contributed by atoms with E-state index in [4.69, 9.17) is 4.42 Å². The van der Waals surface area contributed by atoms with Crippen molar-refractivity contribution in [1.82, 2.24) is 15.5 Å². The standard InChI is InChI=1S/C27H26N4O3/c1-16-5-7-21(8-6-16)26-30-31-27(34-26)22-11-9-20(10-12-22)25(33)28-15-23(32)29-24-18(3)13-17(2)14-19(24)4/h5-14H,15H2,1-4H3,(H,28,33)(H,29,32). The highest BCUT2D eigenvalue weighted by atomic mass is 16.4. The highest BCUT2D eigenvalue weighted by molar-refractivity contribution is 6.00. The minimum absolute atomic E-state index is 0.128. The Bertz CT molecular complexity index is 1320. The third-order valence-corrected chi connectivity index (χ3v) is 5.47. The summed E-state index contributed by atoms with van der Waals surface area (Å²) in [5.74, 6) is 0.173. The fraction of sp³-hybridized carbons (Fsp3) is 0.185. The Balaban J connectivity index is 1.36. The molecule has 172 valence electrons. The molecule has 2 N–H and O–H groups in total. The largest absolute Gasteiger partial charge is 0.416 e. The zero-order valence-electron chi connectivity index (χ0n) is 19.6. The van der Waals surface area contributed by atoms with Crippen molar-refractivity contribution in [3.63, 3.8) is 0 Å². The quantitative estimate of drug-likeness (QED) is 0.427. The first-order valence-electron chi connectivity index (χ1n) is 11.0. The van der Waals surface area contributed by atoms with Gasteiger partial charge in [-0.05, 0) is 75.2 Å². The minimum Gasteiger partial charge on any atom is -0.416 e. The van der Waals surface area contributed by atoms with Crippen LogP contribution in [0.5, 0.6) is 0 Å². The van der Waals surface area contributed by atoms with Crippen molar-refractivity contribution in [2.24, 2.45) is 0 Å². The van der Waals surface area contributed by atoms with E-state index in [9.17, 15) is 9.59 Å². The summed E-state index contributed by atoms with van der Waals surface area (Å²) in [5, 5.41) is 13.8. The van der Waals surface area contributed by atoms with Gasteiger partial charge in [0.1, 0.15) is 0 Å². The number of anilines is 1. The zero-order chi connectivity index (χ0) is 24.2. The molecule has 7 nitrogen and oxygen atoms in total. The van der Waals surface area contributed by atoms with E-state index in [-0.39, 0.29) is 18.4 Å². The third kappa shape index (κ3) is 5.20. The molecular formula is C27H26N4O3. The number of benzene rings is 3. The number of hydrogen-bond donors (Lipinski definition) is 2. The lowest BCUT2D eigenvalue weighted by molar-refractivity contribution is -0.115. The molecule has 0 saturated carbocycles. The molecule has 4 rings (SSSR count). The van der Waals surface area contributed by atoms with Gasteiger partial charge in [-0.2, -0.15) is 0 Å². The Kier molecular flexibility index (Phi) is 6.54. The lowest BCUT2D eigenvalue weighted by atomic mass is 10.1. The van der Waals surface area contributed by atoms with E-state index in [0.29, 0.717) is 22.9 Å². The number of nitrogens with zero attached hydrogens (tertiary/aromatic N) is 2. The topological polar surface area (TPSA) is 97.1 Å². The summed E-state index contributed by atoms with van der Waals surface area (Å²) in [4.78, 5) is 24.9.